The van der Waals surface area contributed by atoms with Gasteiger partial charge in [-0.2, -0.15) is 0 Å². The molecule has 0 aliphatic carbocycles. The Morgan fingerprint density at radius 1 is 1.11 bits per heavy atom. The highest BCUT2D eigenvalue weighted by Gasteiger charge is 2.02. The molecular formula is C13H17N5. The van der Waals surface area contributed by atoms with Crippen molar-refractivity contribution in [1.82, 2.24) is 9.97 Å². The van der Waals surface area contributed by atoms with Crippen molar-refractivity contribution >= 4 is 17.3 Å². The van der Waals surface area contributed by atoms with E-state index in [1.165, 1.54) is 11.9 Å². The van der Waals surface area contributed by atoms with Gasteiger partial charge in [0.05, 0.1) is 0 Å². The zero-order valence-electron chi connectivity index (χ0n) is 10.5. The van der Waals surface area contributed by atoms with E-state index < -0.39 is 0 Å². The van der Waals surface area contributed by atoms with Crippen LogP contribution in [-0.4, -0.2) is 9.97 Å². The van der Waals surface area contributed by atoms with Crippen molar-refractivity contribution in [2.45, 2.75) is 19.8 Å². The van der Waals surface area contributed by atoms with E-state index in [-0.39, 0.29) is 0 Å². The van der Waals surface area contributed by atoms with Crippen LogP contribution in [0.4, 0.5) is 17.3 Å². The fourth-order valence-corrected chi connectivity index (χ4v) is 1.63. The van der Waals surface area contributed by atoms with Crippen LogP contribution in [0.3, 0.4) is 0 Å². The molecule has 1 aromatic carbocycles. The van der Waals surface area contributed by atoms with Gasteiger partial charge in [0.25, 0.3) is 0 Å². The van der Waals surface area contributed by atoms with Gasteiger partial charge in [-0.1, -0.05) is 26.0 Å². The molecule has 0 spiro atoms. The molecule has 18 heavy (non-hydrogen) atoms. The van der Waals surface area contributed by atoms with Gasteiger partial charge in [-0.05, 0) is 23.6 Å². The third-order valence-electron chi connectivity index (χ3n) is 2.64. The van der Waals surface area contributed by atoms with E-state index in [9.17, 15) is 0 Å². The molecule has 4 N–H and O–H groups in total. The monoisotopic (exact) mass is 243 g/mol. The number of hydrogen-bond acceptors (Lipinski definition) is 5. The highest BCUT2D eigenvalue weighted by atomic mass is 15.3. The van der Waals surface area contributed by atoms with Crippen molar-refractivity contribution in [2.75, 3.05) is 10.7 Å². The second-order valence-corrected chi connectivity index (χ2v) is 4.34. The maximum atomic E-state index is 5.31. The van der Waals surface area contributed by atoms with Gasteiger partial charge in [0.1, 0.15) is 18.0 Å². The minimum absolute atomic E-state index is 0.499. The van der Waals surface area contributed by atoms with Gasteiger partial charge < -0.3 is 10.7 Å². The second kappa shape index (κ2) is 5.46. The lowest BCUT2D eigenvalue weighted by atomic mass is 10.0. The molecule has 0 bridgehead atoms. The van der Waals surface area contributed by atoms with Gasteiger partial charge in [0.15, 0.2) is 0 Å². The van der Waals surface area contributed by atoms with E-state index in [1.807, 2.05) is 12.1 Å². The fourth-order valence-electron chi connectivity index (χ4n) is 1.63. The summed E-state index contributed by atoms with van der Waals surface area (Å²) in [4.78, 5) is 8.10. The molecule has 0 unspecified atom stereocenters. The third kappa shape index (κ3) is 2.95. The van der Waals surface area contributed by atoms with E-state index in [0.717, 1.165) is 5.69 Å². The number of nitrogen functional groups attached to an aromatic ring is 1. The van der Waals surface area contributed by atoms with Crippen LogP contribution in [0.2, 0.25) is 0 Å². The quantitative estimate of drug-likeness (QED) is 0.568. The molecule has 5 heteroatoms. The predicted octanol–water partition coefficient (Wildman–Crippen LogP) is 2.63. The summed E-state index contributed by atoms with van der Waals surface area (Å²) in [6, 6.07) is 10.0. The van der Waals surface area contributed by atoms with Crippen LogP contribution in [0.1, 0.15) is 25.3 Å². The maximum Gasteiger partial charge on any atom is 0.145 e. The Hall–Kier alpha value is -2.14. The van der Waals surface area contributed by atoms with Crippen molar-refractivity contribution in [2.24, 2.45) is 5.84 Å². The summed E-state index contributed by atoms with van der Waals surface area (Å²) in [5, 5.41) is 3.23. The lowest BCUT2D eigenvalue weighted by Gasteiger charge is -2.10. The molecule has 5 nitrogen and oxygen atoms in total. The van der Waals surface area contributed by atoms with E-state index in [4.69, 9.17) is 5.84 Å². The number of nitrogens with zero attached hydrogens (tertiary/aromatic N) is 2. The molecule has 0 atom stereocenters. The normalized spacial score (nSPS) is 10.4. The molecule has 0 fully saturated rings. The van der Waals surface area contributed by atoms with Gasteiger partial charge >= 0.3 is 0 Å². The highest BCUT2D eigenvalue weighted by molar-refractivity contribution is 5.59. The fraction of sp³-hybridized carbons (Fsp3) is 0.231. The summed E-state index contributed by atoms with van der Waals surface area (Å²) in [5.74, 6) is 7.09. The molecule has 0 aliphatic heterocycles. The Bertz CT molecular complexity index is 524. The van der Waals surface area contributed by atoms with E-state index >= 15 is 0 Å². The summed E-state index contributed by atoms with van der Waals surface area (Å²) < 4.78 is 0. The van der Waals surface area contributed by atoms with Gasteiger partial charge in [-0.25, -0.2) is 15.8 Å². The molecule has 0 amide bonds. The van der Waals surface area contributed by atoms with Crippen molar-refractivity contribution in [3.05, 3.63) is 42.2 Å². The summed E-state index contributed by atoms with van der Waals surface area (Å²) in [6.07, 6.45) is 1.46. The standard InChI is InChI=1S/C13H17N5/c1-9(2)10-4-3-5-11(6-10)17-12-7-13(18-14)16-8-15-12/h3-9H,14H2,1-2H3,(H2,15,16,17,18). The van der Waals surface area contributed by atoms with Crippen molar-refractivity contribution < 1.29 is 0 Å². The number of hydrazine groups is 1. The van der Waals surface area contributed by atoms with E-state index in [2.05, 4.69) is 46.7 Å². The van der Waals surface area contributed by atoms with Crippen LogP contribution >= 0.6 is 0 Å². The van der Waals surface area contributed by atoms with Crippen LogP contribution in [-0.2, 0) is 0 Å². The first-order valence-electron chi connectivity index (χ1n) is 5.84. The van der Waals surface area contributed by atoms with Crippen LogP contribution in [0.15, 0.2) is 36.7 Å². The highest BCUT2D eigenvalue weighted by Crippen LogP contribution is 2.21. The minimum Gasteiger partial charge on any atom is -0.340 e. The molecule has 94 valence electrons. The maximum absolute atomic E-state index is 5.31. The molecule has 1 aromatic heterocycles. The number of hydrogen-bond donors (Lipinski definition) is 3. The third-order valence-corrected chi connectivity index (χ3v) is 2.64. The van der Waals surface area contributed by atoms with Gasteiger partial charge in [-0.3, -0.25) is 0 Å². The lowest BCUT2D eigenvalue weighted by Crippen LogP contribution is -2.09. The SMILES string of the molecule is CC(C)c1cccc(Nc2cc(NN)ncn2)c1. The average Bonchev–Trinajstić information content (AvgIpc) is 2.39. The van der Waals surface area contributed by atoms with Crippen LogP contribution in [0.5, 0.6) is 0 Å². The van der Waals surface area contributed by atoms with Crippen LogP contribution in [0, 0.1) is 0 Å². The molecular weight excluding hydrogens is 226 g/mol. The second-order valence-electron chi connectivity index (χ2n) is 4.34. The number of aromatic nitrogens is 2. The summed E-state index contributed by atoms with van der Waals surface area (Å²) in [6.45, 7) is 4.33. The van der Waals surface area contributed by atoms with Crippen molar-refractivity contribution in [3.8, 4) is 0 Å². The Morgan fingerprint density at radius 2 is 1.89 bits per heavy atom. The molecule has 2 aromatic rings. The van der Waals surface area contributed by atoms with Crippen LogP contribution < -0.4 is 16.6 Å². The van der Waals surface area contributed by atoms with Gasteiger partial charge in [-0.15, -0.1) is 0 Å². The average molecular weight is 243 g/mol. The largest absolute Gasteiger partial charge is 0.340 e. The van der Waals surface area contributed by atoms with Crippen molar-refractivity contribution in [1.29, 1.82) is 0 Å². The van der Waals surface area contributed by atoms with Crippen LogP contribution in [0.25, 0.3) is 0 Å². The number of rotatable bonds is 4. The van der Waals surface area contributed by atoms with E-state index in [1.54, 1.807) is 6.07 Å². The number of benzene rings is 1. The molecule has 0 radical (unpaired) electrons. The Labute approximate surface area is 106 Å². The molecule has 0 saturated heterocycles. The van der Waals surface area contributed by atoms with Gasteiger partial charge in [0, 0.05) is 11.8 Å². The molecule has 0 saturated carbocycles. The van der Waals surface area contributed by atoms with Gasteiger partial charge in [0.2, 0.25) is 0 Å². The van der Waals surface area contributed by atoms with Crippen molar-refractivity contribution in [3.63, 3.8) is 0 Å². The molecule has 1 heterocycles. The smallest absolute Gasteiger partial charge is 0.145 e. The number of nitrogens with two attached hydrogens (primary N) is 1. The first-order valence-corrected chi connectivity index (χ1v) is 5.84. The minimum atomic E-state index is 0.499. The molecule has 0 aliphatic rings. The zero-order valence-corrected chi connectivity index (χ0v) is 10.5. The summed E-state index contributed by atoms with van der Waals surface area (Å²) in [7, 11) is 0. The first-order chi connectivity index (χ1) is 8.69. The van der Waals surface area contributed by atoms with E-state index in [0.29, 0.717) is 17.6 Å². The molecule has 2 rings (SSSR count). The summed E-state index contributed by atoms with van der Waals surface area (Å²) in [5.41, 5.74) is 4.78. The lowest BCUT2D eigenvalue weighted by molar-refractivity contribution is 0.867. The zero-order chi connectivity index (χ0) is 13.0. The Morgan fingerprint density at radius 3 is 2.61 bits per heavy atom. The predicted molar refractivity (Wildman–Crippen MR) is 73.7 cm³/mol. The first kappa shape index (κ1) is 12.3. The number of anilines is 3. The topological polar surface area (TPSA) is 75.9 Å². The Balaban J connectivity index is 2.20. The number of nitrogens with one attached hydrogen (secondary N) is 2. The Kier molecular flexibility index (Phi) is 3.74. The summed E-state index contributed by atoms with van der Waals surface area (Å²) >= 11 is 0.